The number of hydrogen-bond acceptors (Lipinski definition) is 5. The molecule has 0 saturated carbocycles. The summed E-state index contributed by atoms with van der Waals surface area (Å²) in [6.45, 7) is 4.51. The first-order chi connectivity index (χ1) is 17.4. The summed E-state index contributed by atoms with van der Waals surface area (Å²) >= 11 is 0. The number of nitrogen functional groups attached to an aromatic ring is 1. The lowest BCUT2D eigenvalue weighted by atomic mass is 10.00. The Hall–Kier alpha value is -4.39. The molecule has 0 aliphatic carbocycles. The van der Waals surface area contributed by atoms with E-state index in [2.05, 4.69) is 55.2 Å². The maximum Gasteiger partial charge on any atom is 0.307 e. The van der Waals surface area contributed by atoms with E-state index in [-0.39, 0.29) is 19.1 Å². The van der Waals surface area contributed by atoms with E-state index >= 15 is 0 Å². The van der Waals surface area contributed by atoms with Gasteiger partial charge in [-0.3, -0.25) is 9.48 Å². The average molecular weight is 481 g/mol. The van der Waals surface area contributed by atoms with E-state index in [0.717, 1.165) is 44.9 Å². The maximum atomic E-state index is 11.3. The molecule has 182 valence electrons. The molecule has 5 rings (SSSR count). The van der Waals surface area contributed by atoms with Crippen molar-refractivity contribution in [3.63, 3.8) is 0 Å². The highest BCUT2D eigenvalue weighted by atomic mass is 16.5. The van der Waals surface area contributed by atoms with Gasteiger partial charge in [-0.2, -0.15) is 5.10 Å². The lowest BCUT2D eigenvalue weighted by molar-refractivity contribution is -0.136. The molecule has 36 heavy (non-hydrogen) atoms. The van der Waals surface area contributed by atoms with Crippen LogP contribution in [0.4, 0.5) is 5.82 Å². The minimum atomic E-state index is -0.895. The first kappa shape index (κ1) is 23.4. The average Bonchev–Trinajstić information content (AvgIpc) is 3.25. The zero-order valence-corrected chi connectivity index (χ0v) is 20.3. The molecule has 0 unspecified atom stereocenters. The summed E-state index contributed by atoms with van der Waals surface area (Å²) < 4.78 is 8.16. The summed E-state index contributed by atoms with van der Waals surface area (Å²) in [7, 11) is 0. The Morgan fingerprint density at radius 1 is 1.06 bits per heavy atom. The molecule has 3 N–H and O–H groups in total. The second-order valence-corrected chi connectivity index (χ2v) is 8.98. The largest absolute Gasteiger partial charge is 0.487 e. The van der Waals surface area contributed by atoms with Gasteiger partial charge in [-0.05, 0) is 60.2 Å². The van der Waals surface area contributed by atoms with Crippen LogP contribution in [0.2, 0.25) is 0 Å². The number of fused-ring (bicyclic) bond motifs is 2. The van der Waals surface area contributed by atoms with Crippen LogP contribution in [0.5, 0.6) is 5.75 Å². The number of rotatable bonds is 8. The van der Waals surface area contributed by atoms with Crippen molar-refractivity contribution in [3.8, 4) is 16.9 Å². The van der Waals surface area contributed by atoms with Gasteiger partial charge in [0, 0.05) is 28.6 Å². The Kier molecular flexibility index (Phi) is 6.29. The Morgan fingerprint density at radius 2 is 1.81 bits per heavy atom. The number of nitrogens with two attached hydrogens (primary N) is 1. The zero-order chi connectivity index (χ0) is 25.2. The van der Waals surface area contributed by atoms with Gasteiger partial charge >= 0.3 is 5.97 Å². The maximum absolute atomic E-state index is 11.3. The second kappa shape index (κ2) is 9.70. The Bertz CT molecular complexity index is 1570. The van der Waals surface area contributed by atoms with Crippen molar-refractivity contribution in [2.24, 2.45) is 0 Å². The second-order valence-electron chi connectivity index (χ2n) is 8.98. The number of carboxylic acids is 1. The summed E-state index contributed by atoms with van der Waals surface area (Å²) in [5.74, 6) is 0.169. The number of para-hydroxylation sites is 1. The van der Waals surface area contributed by atoms with Crippen molar-refractivity contribution in [1.29, 1.82) is 0 Å². The van der Waals surface area contributed by atoms with Crippen molar-refractivity contribution in [3.05, 3.63) is 84.2 Å². The van der Waals surface area contributed by atoms with Crippen molar-refractivity contribution < 1.29 is 14.6 Å². The molecular weight excluding hydrogens is 452 g/mol. The first-order valence-electron chi connectivity index (χ1n) is 12.0. The van der Waals surface area contributed by atoms with Crippen LogP contribution in [0.15, 0.2) is 72.9 Å². The van der Waals surface area contributed by atoms with E-state index < -0.39 is 5.97 Å². The summed E-state index contributed by atoms with van der Waals surface area (Å²) in [6.07, 6.45) is 2.56. The van der Waals surface area contributed by atoms with Gasteiger partial charge in [0.1, 0.15) is 23.9 Å². The minimum absolute atomic E-state index is 0.0949. The highest BCUT2D eigenvalue weighted by Gasteiger charge is 2.17. The van der Waals surface area contributed by atoms with Gasteiger partial charge in [-0.25, -0.2) is 4.98 Å². The minimum Gasteiger partial charge on any atom is -0.487 e. The SMILES string of the molecule is CC[C@H](C)n1nc(COc2ccccc2CC(=O)O)c2cc(-c3ccc4ccnc(N)c4c3)ccc21. The van der Waals surface area contributed by atoms with Gasteiger partial charge < -0.3 is 15.6 Å². The van der Waals surface area contributed by atoms with E-state index in [9.17, 15) is 9.90 Å². The number of pyridine rings is 1. The van der Waals surface area contributed by atoms with Gasteiger partial charge in [0.15, 0.2) is 0 Å². The molecule has 0 fully saturated rings. The number of anilines is 1. The molecule has 0 aliphatic heterocycles. The normalized spacial score (nSPS) is 12.2. The van der Waals surface area contributed by atoms with Crippen LogP contribution in [0.25, 0.3) is 32.8 Å². The van der Waals surface area contributed by atoms with Crippen LogP contribution < -0.4 is 10.5 Å². The Labute approximate surface area is 209 Å². The van der Waals surface area contributed by atoms with Gasteiger partial charge in [0.25, 0.3) is 0 Å². The molecule has 7 heteroatoms. The molecule has 0 aliphatic rings. The fraction of sp³-hybridized carbons (Fsp3) is 0.207. The molecule has 5 aromatic rings. The van der Waals surface area contributed by atoms with Gasteiger partial charge in [0.05, 0.1) is 11.9 Å². The number of nitrogens with zero attached hydrogens (tertiary/aromatic N) is 3. The molecule has 0 spiro atoms. The third-order valence-electron chi connectivity index (χ3n) is 6.60. The van der Waals surface area contributed by atoms with E-state index in [1.807, 2.05) is 22.9 Å². The molecule has 2 heterocycles. The molecule has 0 amide bonds. The van der Waals surface area contributed by atoms with E-state index in [4.69, 9.17) is 15.6 Å². The highest BCUT2D eigenvalue weighted by molar-refractivity contribution is 5.95. The fourth-order valence-corrected chi connectivity index (χ4v) is 4.47. The van der Waals surface area contributed by atoms with Crippen LogP contribution in [0.1, 0.15) is 37.6 Å². The van der Waals surface area contributed by atoms with Crippen LogP contribution >= 0.6 is 0 Å². The topological polar surface area (TPSA) is 103 Å². The summed E-state index contributed by atoms with van der Waals surface area (Å²) in [5, 5.41) is 17.1. The quantitative estimate of drug-likeness (QED) is 0.282. The van der Waals surface area contributed by atoms with Crippen LogP contribution in [0, 0.1) is 0 Å². The molecule has 3 aromatic carbocycles. The number of aromatic nitrogens is 3. The summed E-state index contributed by atoms with van der Waals surface area (Å²) in [5.41, 5.74) is 10.7. The van der Waals surface area contributed by atoms with Gasteiger partial charge in [-0.15, -0.1) is 0 Å². The molecule has 2 aromatic heterocycles. The standard InChI is InChI=1S/C29H28N4O3/c1-3-18(2)33-26-11-10-21(20-9-8-19-12-13-31-29(30)23(19)14-20)15-24(26)25(32-33)17-36-27-7-5-4-6-22(27)16-28(34)35/h4-15,18H,3,16-17H2,1-2H3,(H2,30,31)(H,34,35)/t18-/m0/s1. The molecule has 0 radical (unpaired) electrons. The Morgan fingerprint density at radius 3 is 2.58 bits per heavy atom. The molecule has 0 saturated heterocycles. The van der Waals surface area contributed by atoms with Crippen molar-refractivity contribution in [2.75, 3.05) is 5.73 Å². The summed E-state index contributed by atoms with van der Waals surface area (Å²) in [6, 6.07) is 21.9. The van der Waals surface area contributed by atoms with Gasteiger partial charge in [0.2, 0.25) is 0 Å². The van der Waals surface area contributed by atoms with Gasteiger partial charge in [-0.1, -0.05) is 43.3 Å². The number of hydrogen-bond donors (Lipinski definition) is 2. The third kappa shape index (κ3) is 4.47. The lowest BCUT2D eigenvalue weighted by Gasteiger charge is -2.11. The molecule has 1 atom stereocenters. The lowest BCUT2D eigenvalue weighted by Crippen LogP contribution is -2.07. The predicted molar refractivity (Wildman–Crippen MR) is 142 cm³/mol. The van der Waals surface area contributed by atoms with Crippen molar-refractivity contribution in [2.45, 2.75) is 39.3 Å². The number of aliphatic carboxylic acids is 1. The predicted octanol–water partition coefficient (Wildman–Crippen LogP) is 6.01. The third-order valence-corrected chi connectivity index (χ3v) is 6.60. The fourth-order valence-electron chi connectivity index (χ4n) is 4.47. The monoisotopic (exact) mass is 480 g/mol. The smallest absolute Gasteiger partial charge is 0.307 e. The zero-order valence-electron chi connectivity index (χ0n) is 20.3. The molecule has 7 nitrogen and oxygen atoms in total. The molecule has 0 bridgehead atoms. The molecular formula is C29H28N4O3. The highest BCUT2D eigenvalue weighted by Crippen LogP contribution is 2.32. The Balaban J connectivity index is 1.55. The summed E-state index contributed by atoms with van der Waals surface area (Å²) in [4.78, 5) is 15.5. The number of carboxylic acid groups (broad SMARTS) is 1. The number of carbonyl (C=O) groups is 1. The first-order valence-corrected chi connectivity index (χ1v) is 12.0. The number of ether oxygens (including phenoxy) is 1. The van der Waals surface area contributed by atoms with Crippen LogP contribution in [-0.2, 0) is 17.8 Å². The van der Waals surface area contributed by atoms with E-state index in [1.165, 1.54) is 0 Å². The van der Waals surface area contributed by atoms with Crippen LogP contribution in [-0.4, -0.2) is 25.8 Å². The van der Waals surface area contributed by atoms with E-state index in [1.54, 1.807) is 18.3 Å². The van der Waals surface area contributed by atoms with E-state index in [0.29, 0.717) is 17.1 Å². The van der Waals surface area contributed by atoms with Crippen molar-refractivity contribution >= 4 is 33.5 Å². The van der Waals surface area contributed by atoms with Crippen molar-refractivity contribution in [1.82, 2.24) is 14.8 Å². The van der Waals surface area contributed by atoms with Crippen LogP contribution in [0.3, 0.4) is 0 Å². The number of benzene rings is 3.